The van der Waals surface area contributed by atoms with Crippen LogP contribution in [0.2, 0.25) is 0 Å². The van der Waals surface area contributed by atoms with E-state index in [0.717, 1.165) is 6.42 Å². The van der Waals surface area contributed by atoms with E-state index in [4.69, 9.17) is 5.73 Å². The van der Waals surface area contributed by atoms with Gasteiger partial charge in [0.2, 0.25) is 0 Å². The second kappa shape index (κ2) is 5.91. The first-order valence-electron chi connectivity index (χ1n) is 4.80. The molecule has 0 fully saturated rings. The Morgan fingerprint density at radius 3 is 2.50 bits per heavy atom. The fourth-order valence-electron chi connectivity index (χ4n) is 0.707. The lowest BCUT2D eigenvalue weighted by molar-refractivity contribution is 0.660. The first-order valence-corrected chi connectivity index (χ1v) is 5.24. The summed E-state index contributed by atoms with van der Waals surface area (Å²) in [5.74, 6) is 0.519. The fourth-order valence-corrected chi connectivity index (χ4v) is 0.823. The Morgan fingerprint density at radius 2 is 2.07 bits per heavy atom. The van der Waals surface area contributed by atoms with E-state index in [1.54, 1.807) is 6.08 Å². The summed E-state index contributed by atoms with van der Waals surface area (Å²) in [6, 6.07) is 0. The van der Waals surface area contributed by atoms with Crippen LogP contribution >= 0.6 is 12.6 Å². The first kappa shape index (κ1) is 13.3. The molecule has 0 saturated heterocycles. The predicted molar refractivity (Wildman–Crippen MR) is 67.9 cm³/mol. The molecule has 3 heteroatoms. The quantitative estimate of drug-likeness (QED) is 0.320. The average molecular weight is 212 g/mol. The van der Waals surface area contributed by atoms with E-state index in [9.17, 15) is 0 Å². The smallest absolute Gasteiger partial charge is 0.119 e. The second-order valence-electron chi connectivity index (χ2n) is 3.47. The van der Waals surface area contributed by atoms with Crippen molar-refractivity contribution in [1.29, 1.82) is 0 Å². The van der Waals surface area contributed by atoms with Gasteiger partial charge in [-0.25, -0.2) is 0 Å². The summed E-state index contributed by atoms with van der Waals surface area (Å²) in [5.41, 5.74) is 6.89. The molecule has 0 spiro atoms. The van der Waals surface area contributed by atoms with Crippen molar-refractivity contribution in [2.24, 2.45) is 10.7 Å². The molecule has 0 unspecified atom stereocenters. The third-order valence-electron chi connectivity index (χ3n) is 2.01. The third kappa shape index (κ3) is 5.86. The highest BCUT2D eigenvalue weighted by atomic mass is 32.1. The lowest BCUT2D eigenvalue weighted by Gasteiger charge is -2.15. The van der Waals surface area contributed by atoms with Gasteiger partial charge in [0.25, 0.3) is 0 Å². The molecule has 80 valence electrons. The van der Waals surface area contributed by atoms with Gasteiger partial charge in [-0.05, 0) is 33.3 Å². The van der Waals surface area contributed by atoms with Gasteiger partial charge >= 0.3 is 0 Å². The maximum absolute atomic E-state index is 5.73. The first-order chi connectivity index (χ1) is 6.41. The molecule has 1 atom stereocenters. The topological polar surface area (TPSA) is 38.4 Å². The van der Waals surface area contributed by atoms with Crippen LogP contribution in [0.15, 0.2) is 28.8 Å². The Kier molecular flexibility index (Phi) is 5.62. The number of allylic oxidation sites excluding steroid dienone is 3. The molecule has 2 N–H and O–H groups in total. The number of hydrogen-bond donors (Lipinski definition) is 2. The monoisotopic (exact) mass is 212 g/mol. The van der Waals surface area contributed by atoms with E-state index in [1.165, 1.54) is 5.57 Å². The minimum atomic E-state index is -0.363. The normalized spacial score (nSPS) is 18.6. The Morgan fingerprint density at radius 1 is 1.50 bits per heavy atom. The molecule has 0 aromatic carbocycles. The highest BCUT2D eigenvalue weighted by molar-refractivity contribution is 7.81. The fraction of sp³-hybridized carbons (Fsp3) is 0.545. The summed E-state index contributed by atoms with van der Waals surface area (Å²) in [7, 11) is 0. The lowest BCUT2D eigenvalue weighted by atomic mass is 10.2. The van der Waals surface area contributed by atoms with Crippen molar-refractivity contribution in [2.45, 2.75) is 39.0 Å². The van der Waals surface area contributed by atoms with Crippen molar-refractivity contribution < 1.29 is 0 Å². The second-order valence-corrected chi connectivity index (χ2v) is 4.44. The average Bonchev–Trinajstić information content (AvgIpc) is 2.13. The van der Waals surface area contributed by atoms with Crippen molar-refractivity contribution in [3.05, 3.63) is 23.8 Å². The van der Waals surface area contributed by atoms with Gasteiger partial charge in [0.05, 0.1) is 0 Å². The molecule has 0 bridgehead atoms. The largest absolute Gasteiger partial charge is 0.384 e. The van der Waals surface area contributed by atoms with Gasteiger partial charge in [-0.2, -0.15) is 0 Å². The molecule has 0 heterocycles. The molecule has 0 aromatic rings. The molecule has 14 heavy (non-hydrogen) atoms. The van der Waals surface area contributed by atoms with Crippen LogP contribution in [0.5, 0.6) is 0 Å². The van der Waals surface area contributed by atoms with Gasteiger partial charge in [0.1, 0.15) is 10.7 Å². The lowest BCUT2D eigenvalue weighted by Crippen LogP contribution is -2.19. The van der Waals surface area contributed by atoms with Crippen molar-refractivity contribution in [2.75, 3.05) is 0 Å². The molecular weight excluding hydrogens is 192 g/mol. The standard InChI is InChI=1S/C11H20N2S/c1-5-9(3)7-8-10(12)13-11(4,14)6-2/h5,7-8,14H,6H2,1-4H3,(H2,12,13)/b8-7-,9-5-/t11-/m1/s1. The summed E-state index contributed by atoms with van der Waals surface area (Å²) in [5, 5.41) is 0. The van der Waals surface area contributed by atoms with Gasteiger partial charge in [0.15, 0.2) is 0 Å². The Bertz CT molecular complexity index is 262. The predicted octanol–water partition coefficient (Wildman–Crippen LogP) is 2.92. The molecule has 0 amide bonds. The zero-order valence-electron chi connectivity index (χ0n) is 9.41. The third-order valence-corrected chi connectivity index (χ3v) is 2.43. The molecule has 2 nitrogen and oxygen atoms in total. The van der Waals surface area contributed by atoms with Crippen LogP contribution in [0.25, 0.3) is 0 Å². The van der Waals surface area contributed by atoms with E-state index >= 15 is 0 Å². The van der Waals surface area contributed by atoms with Gasteiger partial charge < -0.3 is 5.73 Å². The van der Waals surface area contributed by atoms with Gasteiger partial charge in [0, 0.05) is 0 Å². The molecule has 0 aliphatic carbocycles. The number of amidine groups is 1. The summed E-state index contributed by atoms with van der Waals surface area (Å²) in [6.45, 7) is 7.98. The molecule has 0 aromatic heterocycles. The number of hydrogen-bond acceptors (Lipinski definition) is 2. The Balaban J connectivity index is 4.49. The van der Waals surface area contributed by atoms with Crippen LogP contribution in [0.1, 0.15) is 34.1 Å². The van der Waals surface area contributed by atoms with E-state index in [0.29, 0.717) is 5.84 Å². The van der Waals surface area contributed by atoms with Crippen LogP contribution in [-0.2, 0) is 0 Å². The van der Waals surface area contributed by atoms with Crippen molar-refractivity contribution in [1.82, 2.24) is 0 Å². The molecular formula is C11H20N2S. The van der Waals surface area contributed by atoms with Crippen molar-refractivity contribution >= 4 is 18.5 Å². The van der Waals surface area contributed by atoms with Crippen LogP contribution in [0, 0.1) is 0 Å². The van der Waals surface area contributed by atoms with Gasteiger partial charge in [-0.3, -0.25) is 4.99 Å². The summed E-state index contributed by atoms with van der Waals surface area (Å²) >= 11 is 4.38. The summed E-state index contributed by atoms with van der Waals surface area (Å²) in [6.07, 6.45) is 6.62. The number of nitrogens with two attached hydrogens (primary N) is 1. The van der Waals surface area contributed by atoms with E-state index in [2.05, 4.69) is 17.6 Å². The van der Waals surface area contributed by atoms with E-state index in [1.807, 2.05) is 39.8 Å². The highest BCUT2D eigenvalue weighted by Crippen LogP contribution is 2.19. The molecule has 0 aliphatic rings. The summed E-state index contributed by atoms with van der Waals surface area (Å²) in [4.78, 5) is 3.92. The zero-order chi connectivity index (χ0) is 11.2. The maximum Gasteiger partial charge on any atom is 0.119 e. The molecule has 0 radical (unpaired) electrons. The maximum atomic E-state index is 5.73. The number of nitrogens with zero attached hydrogens (tertiary/aromatic N) is 1. The van der Waals surface area contributed by atoms with Crippen LogP contribution in [0.4, 0.5) is 0 Å². The van der Waals surface area contributed by atoms with Crippen molar-refractivity contribution in [3.8, 4) is 0 Å². The Hall–Kier alpha value is -0.700. The van der Waals surface area contributed by atoms with E-state index in [-0.39, 0.29) is 4.87 Å². The number of aliphatic imine (C=N–C) groups is 1. The van der Waals surface area contributed by atoms with Crippen molar-refractivity contribution in [3.63, 3.8) is 0 Å². The molecule has 0 rings (SSSR count). The molecule has 0 aliphatic heterocycles. The number of thiol groups is 1. The van der Waals surface area contributed by atoms with Crippen LogP contribution < -0.4 is 5.73 Å². The van der Waals surface area contributed by atoms with E-state index < -0.39 is 0 Å². The van der Waals surface area contributed by atoms with Gasteiger partial charge in [-0.1, -0.05) is 24.6 Å². The summed E-state index contributed by atoms with van der Waals surface area (Å²) < 4.78 is 0. The van der Waals surface area contributed by atoms with Crippen LogP contribution in [0.3, 0.4) is 0 Å². The van der Waals surface area contributed by atoms with Gasteiger partial charge in [-0.15, -0.1) is 12.6 Å². The minimum Gasteiger partial charge on any atom is -0.384 e. The highest BCUT2D eigenvalue weighted by Gasteiger charge is 2.13. The van der Waals surface area contributed by atoms with Crippen LogP contribution in [-0.4, -0.2) is 10.7 Å². The number of rotatable bonds is 4. The SMILES string of the molecule is C\C=C(C)/C=C\C(N)=N/[C@](C)(S)CC. The Labute approximate surface area is 92.4 Å². The zero-order valence-corrected chi connectivity index (χ0v) is 10.3. The molecule has 0 saturated carbocycles. The minimum absolute atomic E-state index is 0.363.